The minimum Gasteiger partial charge on any atom is -0.390 e. The van der Waals surface area contributed by atoms with Crippen LogP contribution in [-0.2, 0) is 16.1 Å². The summed E-state index contributed by atoms with van der Waals surface area (Å²) >= 11 is 0. The summed E-state index contributed by atoms with van der Waals surface area (Å²) in [6, 6.07) is 7.66. The van der Waals surface area contributed by atoms with Gasteiger partial charge in [-0.3, -0.25) is 14.5 Å². The molecule has 2 N–H and O–H groups in total. The summed E-state index contributed by atoms with van der Waals surface area (Å²) < 4.78 is 0. The number of amides is 2. The number of piperazine rings is 1. The summed E-state index contributed by atoms with van der Waals surface area (Å²) in [5.74, 6) is -0.167. The van der Waals surface area contributed by atoms with Gasteiger partial charge in [-0.1, -0.05) is 24.3 Å². The van der Waals surface area contributed by atoms with Crippen LogP contribution in [0.25, 0.3) is 0 Å². The van der Waals surface area contributed by atoms with Gasteiger partial charge in [0.15, 0.2) is 0 Å². The van der Waals surface area contributed by atoms with Crippen molar-refractivity contribution >= 4 is 11.8 Å². The second-order valence-electron chi connectivity index (χ2n) is 7.79. The minimum absolute atomic E-state index is 0.0777. The van der Waals surface area contributed by atoms with Gasteiger partial charge in [-0.15, -0.1) is 0 Å². The molecular weight excluding hydrogens is 330 g/mol. The molecule has 1 fully saturated rings. The first-order valence-electron chi connectivity index (χ1n) is 9.20. The average Bonchev–Trinajstić information content (AvgIpc) is 2.57. The monoisotopic (exact) mass is 361 g/mol. The van der Waals surface area contributed by atoms with Crippen LogP contribution in [0.4, 0.5) is 0 Å². The van der Waals surface area contributed by atoms with Gasteiger partial charge in [0.2, 0.25) is 11.8 Å². The van der Waals surface area contributed by atoms with Gasteiger partial charge in [0.1, 0.15) is 0 Å². The molecule has 1 atom stereocenters. The van der Waals surface area contributed by atoms with Crippen LogP contribution in [-0.4, -0.2) is 65.0 Å². The van der Waals surface area contributed by atoms with Crippen molar-refractivity contribution in [3.8, 4) is 0 Å². The van der Waals surface area contributed by atoms with Gasteiger partial charge in [-0.05, 0) is 38.3 Å². The van der Waals surface area contributed by atoms with E-state index in [1.807, 2.05) is 12.1 Å². The first-order chi connectivity index (χ1) is 12.2. The molecule has 0 spiro atoms. The lowest BCUT2D eigenvalue weighted by Crippen LogP contribution is -2.56. The Bertz CT molecular complexity index is 639. The molecular formula is C20H31N3O3. The zero-order valence-electron chi connectivity index (χ0n) is 16.3. The van der Waals surface area contributed by atoms with E-state index < -0.39 is 11.6 Å². The molecule has 1 aromatic rings. The smallest absolute Gasteiger partial charge is 0.237 e. The molecule has 6 nitrogen and oxygen atoms in total. The number of carbonyl (C=O) groups is 2. The number of carbonyl (C=O) groups excluding carboxylic acids is 2. The Morgan fingerprint density at radius 3 is 2.73 bits per heavy atom. The number of rotatable bonds is 7. The highest BCUT2D eigenvalue weighted by molar-refractivity contribution is 5.88. The van der Waals surface area contributed by atoms with Crippen molar-refractivity contribution in [1.29, 1.82) is 0 Å². The average molecular weight is 361 g/mol. The topological polar surface area (TPSA) is 72.9 Å². The maximum absolute atomic E-state index is 12.6. The number of nitrogens with one attached hydrogen (secondary N) is 1. The predicted octanol–water partition coefficient (Wildman–Crippen LogP) is 1.30. The maximum atomic E-state index is 12.6. The molecule has 1 aliphatic heterocycles. The second kappa shape index (κ2) is 8.64. The van der Waals surface area contributed by atoms with Crippen LogP contribution in [0.5, 0.6) is 0 Å². The zero-order valence-corrected chi connectivity index (χ0v) is 16.3. The Hall–Kier alpha value is -1.92. The van der Waals surface area contributed by atoms with Crippen LogP contribution in [0.1, 0.15) is 37.8 Å². The first kappa shape index (κ1) is 20.4. The number of hydrogen-bond donors (Lipinski definition) is 2. The van der Waals surface area contributed by atoms with Gasteiger partial charge < -0.3 is 15.3 Å². The van der Waals surface area contributed by atoms with Crippen LogP contribution in [0.2, 0.25) is 0 Å². The van der Waals surface area contributed by atoms with Gasteiger partial charge in [0.25, 0.3) is 0 Å². The molecule has 0 unspecified atom stereocenters. The molecule has 1 heterocycles. The lowest BCUT2D eigenvalue weighted by Gasteiger charge is -2.36. The zero-order chi connectivity index (χ0) is 19.3. The van der Waals surface area contributed by atoms with E-state index in [4.69, 9.17) is 0 Å². The van der Waals surface area contributed by atoms with Crippen molar-refractivity contribution in [2.75, 3.05) is 26.7 Å². The van der Waals surface area contributed by atoms with E-state index in [-0.39, 0.29) is 18.2 Å². The van der Waals surface area contributed by atoms with Crippen LogP contribution in [0.3, 0.4) is 0 Å². The molecule has 26 heavy (non-hydrogen) atoms. The first-order valence-corrected chi connectivity index (χ1v) is 9.20. The highest BCUT2D eigenvalue weighted by atomic mass is 16.3. The van der Waals surface area contributed by atoms with Crippen LogP contribution >= 0.6 is 0 Å². The molecule has 6 heteroatoms. The Morgan fingerprint density at radius 1 is 1.38 bits per heavy atom. The van der Waals surface area contributed by atoms with Gasteiger partial charge in [0.05, 0.1) is 18.1 Å². The van der Waals surface area contributed by atoms with Crippen molar-refractivity contribution in [2.24, 2.45) is 0 Å². The number of hydrogen-bond acceptors (Lipinski definition) is 4. The van der Waals surface area contributed by atoms with E-state index in [0.717, 1.165) is 6.54 Å². The number of aryl methyl sites for hydroxylation is 1. The molecule has 0 radical (unpaired) electrons. The number of nitrogens with zero attached hydrogens (tertiary/aromatic N) is 2. The van der Waals surface area contributed by atoms with Gasteiger partial charge in [0, 0.05) is 33.2 Å². The molecule has 0 saturated carbocycles. The quantitative estimate of drug-likeness (QED) is 0.768. The molecule has 2 amide bonds. The third-order valence-corrected chi connectivity index (χ3v) is 4.93. The fraction of sp³-hybridized carbons (Fsp3) is 0.600. The van der Waals surface area contributed by atoms with Crippen molar-refractivity contribution in [2.45, 2.75) is 51.8 Å². The molecule has 1 aliphatic rings. The van der Waals surface area contributed by atoms with E-state index in [1.165, 1.54) is 11.1 Å². The second-order valence-corrected chi connectivity index (χ2v) is 7.79. The summed E-state index contributed by atoms with van der Waals surface area (Å²) in [5.41, 5.74) is 1.55. The molecule has 1 saturated heterocycles. The SMILES string of the molecule is Cc1ccccc1CN1CCNC(=O)[C@H]1CC(=O)N(C)CCC(C)(C)O. The largest absolute Gasteiger partial charge is 0.390 e. The lowest BCUT2D eigenvalue weighted by atomic mass is 10.0. The molecule has 0 aromatic heterocycles. The fourth-order valence-electron chi connectivity index (χ4n) is 3.07. The summed E-state index contributed by atoms with van der Waals surface area (Å²) in [4.78, 5) is 28.7. The Morgan fingerprint density at radius 2 is 2.08 bits per heavy atom. The van der Waals surface area contributed by atoms with Crippen molar-refractivity contribution < 1.29 is 14.7 Å². The lowest BCUT2D eigenvalue weighted by molar-refractivity contribution is -0.138. The Kier molecular flexibility index (Phi) is 6.78. The van der Waals surface area contributed by atoms with Crippen molar-refractivity contribution in [3.63, 3.8) is 0 Å². The van der Waals surface area contributed by atoms with Crippen molar-refractivity contribution in [1.82, 2.24) is 15.1 Å². The standard InChI is InChI=1S/C20H31N3O3/c1-15-7-5-6-8-16(15)14-23-12-10-21-19(25)17(23)13-18(24)22(4)11-9-20(2,3)26/h5-8,17,26H,9-14H2,1-4H3,(H,21,25)/t17-/m1/s1. The van der Waals surface area contributed by atoms with Crippen molar-refractivity contribution in [3.05, 3.63) is 35.4 Å². The van der Waals surface area contributed by atoms with Gasteiger partial charge >= 0.3 is 0 Å². The van der Waals surface area contributed by atoms with Crippen LogP contribution in [0, 0.1) is 6.92 Å². The molecule has 144 valence electrons. The summed E-state index contributed by atoms with van der Waals surface area (Å²) in [5, 5.41) is 12.7. The highest BCUT2D eigenvalue weighted by Crippen LogP contribution is 2.17. The third kappa shape index (κ3) is 5.81. The van der Waals surface area contributed by atoms with Crippen LogP contribution < -0.4 is 5.32 Å². The predicted molar refractivity (Wildman–Crippen MR) is 102 cm³/mol. The number of aliphatic hydroxyl groups is 1. The molecule has 2 rings (SSSR count). The molecule has 0 bridgehead atoms. The number of benzene rings is 1. The Balaban J connectivity index is 2.02. The van der Waals surface area contributed by atoms with Gasteiger partial charge in [-0.2, -0.15) is 0 Å². The summed E-state index contributed by atoms with van der Waals surface area (Å²) in [6.07, 6.45) is 0.652. The minimum atomic E-state index is -0.812. The van der Waals surface area contributed by atoms with E-state index in [1.54, 1.807) is 25.8 Å². The van der Waals surface area contributed by atoms with Crippen LogP contribution in [0.15, 0.2) is 24.3 Å². The van der Waals surface area contributed by atoms with E-state index >= 15 is 0 Å². The fourth-order valence-corrected chi connectivity index (χ4v) is 3.07. The van der Waals surface area contributed by atoms with Gasteiger partial charge in [-0.25, -0.2) is 0 Å². The normalized spacial score (nSPS) is 18.5. The summed E-state index contributed by atoms with van der Waals surface area (Å²) in [7, 11) is 1.72. The maximum Gasteiger partial charge on any atom is 0.237 e. The highest BCUT2D eigenvalue weighted by Gasteiger charge is 2.32. The molecule has 1 aromatic carbocycles. The summed E-state index contributed by atoms with van der Waals surface area (Å²) in [6.45, 7) is 7.97. The Labute approximate surface area is 156 Å². The third-order valence-electron chi connectivity index (χ3n) is 4.93. The molecule has 0 aliphatic carbocycles. The van der Waals surface area contributed by atoms with E-state index in [0.29, 0.717) is 26.1 Å². The van der Waals surface area contributed by atoms with E-state index in [9.17, 15) is 14.7 Å². The van der Waals surface area contributed by atoms with E-state index in [2.05, 4.69) is 29.3 Å².